The molecular formula is C23H24N4O3S. The van der Waals surface area contributed by atoms with E-state index in [1.165, 1.54) is 0 Å². The van der Waals surface area contributed by atoms with Crippen LogP contribution < -0.4 is 9.62 Å². The number of anilines is 1. The maximum absolute atomic E-state index is 12.8. The van der Waals surface area contributed by atoms with E-state index in [0.29, 0.717) is 13.0 Å². The summed E-state index contributed by atoms with van der Waals surface area (Å²) in [6.07, 6.45) is 6.25. The Balaban J connectivity index is 1.28. The Bertz CT molecular complexity index is 1240. The van der Waals surface area contributed by atoms with Gasteiger partial charge < -0.3 is 9.47 Å². The number of hydrogen-bond donors (Lipinski definition) is 1. The summed E-state index contributed by atoms with van der Waals surface area (Å²) in [5.74, 6) is 1.21. The highest BCUT2D eigenvalue weighted by Gasteiger charge is 2.36. The van der Waals surface area contributed by atoms with Crippen LogP contribution in [0.4, 0.5) is 5.69 Å². The van der Waals surface area contributed by atoms with Gasteiger partial charge in [0.25, 0.3) is 0 Å². The summed E-state index contributed by atoms with van der Waals surface area (Å²) in [7, 11) is -3.65. The molecule has 1 aliphatic carbocycles. The van der Waals surface area contributed by atoms with Gasteiger partial charge in [-0.15, -0.1) is 0 Å². The number of fused-ring (bicyclic) bond motifs is 1. The topological polar surface area (TPSA) is 84.3 Å². The van der Waals surface area contributed by atoms with Gasteiger partial charge in [0.1, 0.15) is 5.82 Å². The molecule has 3 aromatic rings. The molecular weight excluding hydrogens is 412 g/mol. The fraction of sp³-hybridized carbons (Fsp3) is 0.304. The number of amides is 1. The third kappa shape index (κ3) is 3.88. The normalized spacial score (nSPS) is 15.8. The number of nitrogens with one attached hydrogen (secondary N) is 1. The zero-order chi connectivity index (χ0) is 21.6. The largest absolute Gasteiger partial charge is 0.312 e. The van der Waals surface area contributed by atoms with Crippen molar-refractivity contribution in [2.75, 3.05) is 11.4 Å². The van der Waals surface area contributed by atoms with Crippen molar-refractivity contribution >= 4 is 21.6 Å². The highest BCUT2D eigenvalue weighted by atomic mass is 32.2. The Morgan fingerprint density at radius 1 is 1.16 bits per heavy atom. The number of carbonyl (C=O) groups excluding carboxylic acids is 1. The minimum atomic E-state index is -3.65. The number of imidazole rings is 1. The molecule has 0 atom stereocenters. The molecule has 0 saturated heterocycles. The van der Waals surface area contributed by atoms with E-state index in [0.717, 1.165) is 41.2 Å². The highest BCUT2D eigenvalue weighted by Crippen LogP contribution is 2.37. The van der Waals surface area contributed by atoms with Gasteiger partial charge in [0, 0.05) is 42.8 Å². The highest BCUT2D eigenvalue weighted by molar-refractivity contribution is 7.89. The Kier molecular flexibility index (Phi) is 4.91. The SMILES string of the molecule is Cc1nccn1-c1ccc(CNS(=O)(=O)c2ccc3c(c2)CCN3C(=O)C2CC2)cc1. The standard InChI is InChI=1S/C23H24N4O3S/c1-16-24-11-13-26(16)20-6-2-17(3-7-20)15-25-31(29,30)21-8-9-22-19(14-21)10-12-27(22)23(28)18-4-5-18/h2-3,6-9,11,13-14,18,25H,4-5,10,12,15H2,1H3. The van der Waals surface area contributed by atoms with Crippen LogP contribution in [0.15, 0.2) is 59.8 Å². The van der Waals surface area contributed by atoms with E-state index in [1.54, 1.807) is 29.3 Å². The first kappa shape index (κ1) is 20.0. The van der Waals surface area contributed by atoms with E-state index in [2.05, 4.69) is 9.71 Å². The minimum Gasteiger partial charge on any atom is -0.312 e. The molecule has 1 saturated carbocycles. The lowest BCUT2D eigenvalue weighted by Crippen LogP contribution is -2.30. The lowest BCUT2D eigenvalue weighted by molar-refractivity contribution is -0.119. The number of aromatic nitrogens is 2. The Hall–Kier alpha value is -2.97. The van der Waals surface area contributed by atoms with Gasteiger partial charge in [-0.1, -0.05) is 12.1 Å². The molecule has 0 spiro atoms. The number of nitrogens with zero attached hydrogens (tertiary/aromatic N) is 3. The second kappa shape index (κ2) is 7.62. The first-order valence-electron chi connectivity index (χ1n) is 10.5. The fourth-order valence-electron chi connectivity index (χ4n) is 4.01. The van der Waals surface area contributed by atoms with E-state index in [4.69, 9.17) is 0 Å². The molecule has 2 aliphatic rings. The molecule has 0 bridgehead atoms. The van der Waals surface area contributed by atoms with Crippen LogP contribution in [0, 0.1) is 12.8 Å². The maximum Gasteiger partial charge on any atom is 0.240 e. The van der Waals surface area contributed by atoms with Crippen molar-refractivity contribution in [3.8, 4) is 5.69 Å². The van der Waals surface area contributed by atoms with Crippen LogP contribution in [0.1, 0.15) is 29.8 Å². The van der Waals surface area contributed by atoms with Crippen molar-refractivity contribution in [1.82, 2.24) is 14.3 Å². The monoisotopic (exact) mass is 436 g/mol. The molecule has 1 fully saturated rings. The summed E-state index contributed by atoms with van der Waals surface area (Å²) >= 11 is 0. The second-order valence-corrected chi connectivity index (χ2v) is 9.91. The lowest BCUT2D eigenvalue weighted by atomic mass is 10.2. The molecule has 1 N–H and O–H groups in total. The van der Waals surface area contributed by atoms with Crippen LogP contribution in [-0.4, -0.2) is 30.4 Å². The molecule has 1 amide bonds. The molecule has 1 aromatic heterocycles. The Labute approximate surface area is 181 Å². The van der Waals surface area contributed by atoms with Crippen LogP contribution in [0.3, 0.4) is 0 Å². The van der Waals surface area contributed by atoms with E-state index in [-0.39, 0.29) is 23.3 Å². The lowest BCUT2D eigenvalue weighted by Gasteiger charge is -2.17. The maximum atomic E-state index is 12.8. The molecule has 7 nitrogen and oxygen atoms in total. The summed E-state index contributed by atoms with van der Waals surface area (Å²) < 4.78 is 30.3. The number of hydrogen-bond acceptors (Lipinski definition) is 4. The van der Waals surface area contributed by atoms with Crippen LogP contribution in [0.5, 0.6) is 0 Å². The number of carbonyl (C=O) groups is 1. The van der Waals surface area contributed by atoms with Crippen LogP contribution in [0.2, 0.25) is 0 Å². The molecule has 2 heterocycles. The summed E-state index contributed by atoms with van der Waals surface area (Å²) in [5.41, 5.74) is 3.61. The number of benzene rings is 2. The summed E-state index contributed by atoms with van der Waals surface area (Å²) in [6.45, 7) is 2.76. The number of sulfonamides is 1. The summed E-state index contributed by atoms with van der Waals surface area (Å²) in [6, 6.07) is 12.7. The zero-order valence-electron chi connectivity index (χ0n) is 17.3. The van der Waals surface area contributed by atoms with Crippen molar-refractivity contribution < 1.29 is 13.2 Å². The third-order valence-electron chi connectivity index (χ3n) is 5.96. The molecule has 2 aromatic carbocycles. The van der Waals surface area contributed by atoms with Gasteiger partial charge in [0.2, 0.25) is 15.9 Å². The molecule has 5 rings (SSSR count). The summed E-state index contributed by atoms with van der Waals surface area (Å²) in [4.78, 5) is 18.7. The predicted molar refractivity (Wildman–Crippen MR) is 118 cm³/mol. The minimum absolute atomic E-state index is 0.153. The third-order valence-corrected chi connectivity index (χ3v) is 7.35. The molecule has 1 aliphatic heterocycles. The van der Waals surface area contributed by atoms with Gasteiger partial charge in [-0.3, -0.25) is 4.79 Å². The average Bonchev–Trinajstić information content (AvgIpc) is 3.40. The van der Waals surface area contributed by atoms with Gasteiger partial charge >= 0.3 is 0 Å². The van der Waals surface area contributed by atoms with E-state index in [9.17, 15) is 13.2 Å². The Morgan fingerprint density at radius 3 is 2.61 bits per heavy atom. The van der Waals surface area contributed by atoms with Crippen molar-refractivity contribution in [1.29, 1.82) is 0 Å². The van der Waals surface area contributed by atoms with Crippen LogP contribution in [0.25, 0.3) is 5.69 Å². The first-order chi connectivity index (χ1) is 14.9. The molecule has 31 heavy (non-hydrogen) atoms. The van der Waals surface area contributed by atoms with Gasteiger partial charge in [0.15, 0.2) is 0 Å². The molecule has 8 heteroatoms. The zero-order valence-corrected chi connectivity index (χ0v) is 18.1. The van der Waals surface area contributed by atoms with Gasteiger partial charge in [-0.2, -0.15) is 0 Å². The van der Waals surface area contributed by atoms with Gasteiger partial charge in [-0.25, -0.2) is 18.1 Å². The van der Waals surface area contributed by atoms with E-state index in [1.807, 2.05) is 42.0 Å². The van der Waals surface area contributed by atoms with Crippen molar-refractivity contribution in [3.05, 3.63) is 71.8 Å². The predicted octanol–water partition coefficient (Wildman–Crippen LogP) is 2.96. The van der Waals surface area contributed by atoms with Crippen molar-refractivity contribution in [2.24, 2.45) is 5.92 Å². The molecule has 0 radical (unpaired) electrons. The molecule has 160 valence electrons. The number of rotatable bonds is 6. The smallest absolute Gasteiger partial charge is 0.240 e. The van der Waals surface area contributed by atoms with E-state index < -0.39 is 10.0 Å². The average molecular weight is 437 g/mol. The van der Waals surface area contributed by atoms with Gasteiger partial charge in [0.05, 0.1) is 4.90 Å². The van der Waals surface area contributed by atoms with Crippen LogP contribution >= 0.6 is 0 Å². The Morgan fingerprint density at radius 2 is 1.94 bits per heavy atom. The summed E-state index contributed by atoms with van der Waals surface area (Å²) in [5, 5.41) is 0. The van der Waals surface area contributed by atoms with Gasteiger partial charge in [-0.05, 0) is 67.6 Å². The first-order valence-corrected chi connectivity index (χ1v) is 11.9. The molecule has 0 unspecified atom stereocenters. The van der Waals surface area contributed by atoms with Crippen molar-refractivity contribution in [2.45, 2.75) is 37.6 Å². The second-order valence-electron chi connectivity index (χ2n) is 8.14. The quantitative estimate of drug-likeness (QED) is 0.644. The fourth-order valence-corrected chi connectivity index (χ4v) is 5.08. The van der Waals surface area contributed by atoms with Crippen LogP contribution in [-0.2, 0) is 27.8 Å². The van der Waals surface area contributed by atoms with E-state index >= 15 is 0 Å². The number of aryl methyl sites for hydroxylation is 1. The van der Waals surface area contributed by atoms with Crippen molar-refractivity contribution in [3.63, 3.8) is 0 Å².